The molecule has 8 nitrogen and oxygen atoms in total. The predicted molar refractivity (Wildman–Crippen MR) is 84.6 cm³/mol. The molecule has 0 amide bonds. The molecule has 0 saturated heterocycles. The number of halogens is 1. The normalized spacial score (nSPS) is 11.0. The molecule has 124 valence electrons. The van der Waals surface area contributed by atoms with E-state index in [1.165, 1.54) is 10.9 Å². The van der Waals surface area contributed by atoms with E-state index in [9.17, 15) is 4.39 Å². The number of aromatic nitrogens is 7. The summed E-state index contributed by atoms with van der Waals surface area (Å²) in [5, 5.41) is 16.1. The molecule has 0 aliphatic heterocycles. The number of hydrogen-bond acceptors (Lipinski definition) is 7. The number of rotatable bonds is 4. The van der Waals surface area contributed by atoms with Crippen molar-refractivity contribution in [2.75, 3.05) is 0 Å². The van der Waals surface area contributed by atoms with E-state index in [-0.39, 0.29) is 12.4 Å². The summed E-state index contributed by atoms with van der Waals surface area (Å²) in [6.07, 6.45) is 1.65. The van der Waals surface area contributed by atoms with Crippen molar-refractivity contribution in [2.24, 2.45) is 0 Å². The fourth-order valence-electron chi connectivity index (χ4n) is 2.25. The fraction of sp³-hybridized carbons (Fsp3) is 0.125. The van der Waals surface area contributed by atoms with E-state index in [1.807, 2.05) is 12.1 Å². The molecule has 0 radical (unpaired) electrons. The van der Waals surface area contributed by atoms with Crippen LogP contribution in [0, 0.1) is 12.7 Å². The zero-order valence-corrected chi connectivity index (χ0v) is 13.2. The van der Waals surface area contributed by atoms with E-state index in [2.05, 4.69) is 30.5 Å². The summed E-state index contributed by atoms with van der Waals surface area (Å²) in [5.41, 5.74) is 1.82. The maximum absolute atomic E-state index is 13.4. The minimum Gasteiger partial charge on any atom is -0.337 e. The van der Waals surface area contributed by atoms with Crippen LogP contribution in [-0.2, 0) is 6.54 Å². The van der Waals surface area contributed by atoms with E-state index >= 15 is 0 Å². The Kier molecular flexibility index (Phi) is 3.73. The standard InChI is InChI=1S/C16H12FN7O/c1-10-8-11(5-6-12(10)17)15-20-23-24(21-15)9-14-19-16(22-25-14)13-4-2-3-7-18-13/h2-8H,9H2,1H3. The minimum absolute atomic E-state index is 0.174. The SMILES string of the molecule is Cc1cc(-c2nnn(Cc3nc(-c4ccccn4)no3)n2)ccc1F. The van der Waals surface area contributed by atoms with Crippen LogP contribution in [0.25, 0.3) is 22.9 Å². The third-order valence-electron chi connectivity index (χ3n) is 3.51. The molecule has 0 bridgehead atoms. The van der Waals surface area contributed by atoms with Crippen LogP contribution in [0.4, 0.5) is 4.39 Å². The lowest BCUT2D eigenvalue weighted by atomic mass is 10.1. The van der Waals surface area contributed by atoms with Crippen LogP contribution in [0.15, 0.2) is 47.1 Å². The number of benzene rings is 1. The largest absolute Gasteiger partial charge is 0.337 e. The third kappa shape index (κ3) is 3.11. The summed E-state index contributed by atoms with van der Waals surface area (Å²) in [7, 11) is 0. The number of aryl methyl sites for hydroxylation is 1. The Bertz CT molecular complexity index is 1010. The maximum Gasteiger partial charge on any atom is 0.250 e. The van der Waals surface area contributed by atoms with Crippen molar-refractivity contribution < 1.29 is 8.91 Å². The van der Waals surface area contributed by atoms with Gasteiger partial charge < -0.3 is 4.52 Å². The van der Waals surface area contributed by atoms with E-state index in [0.29, 0.717) is 34.4 Å². The molecule has 4 rings (SSSR count). The molecule has 0 unspecified atom stereocenters. The van der Waals surface area contributed by atoms with Crippen molar-refractivity contribution in [2.45, 2.75) is 13.5 Å². The minimum atomic E-state index is -0.274. The fourth-order valence-corrected chi connectivity index (χ4v) is 2.25. The van der Waals surface area contributed by atoms with Gasteiger partial charge in [0, 0.05) is 11.8 Å². The van der Waals surface area contributed by atoms with Crippen molar-refractivity contribution in [3.05, 3.63) is 59.9 Å². The van der Waals surface area contributed by atoms with Crippen molar-refractivity contribution in [3.63, 3.8) is 0 Å². The molecule has 25 heavy (non-hydrogen) atoms. The van der Waals surface area contributed by atoms with E-state index in [0.717, 1.165) is 0 Å². The second-order valence-corrected chi connectivity index (χ2v) is 5.33. The second kappa shape index (κ2) is 6.19. The van der Waals surface area contributed by atoms with Gasteiger partial charge in [0.25, 0.3) is 5.89 Å². The van der Waals surface area contributed by atoms with Gasteiger partial charge >= 0.3 is 0 Å². The number of nitrogens with zero attached hydrogens (tertiary/aromatic N) is 7. The average Bonchev–Trinajstić information content (AvgIpc) is 3.28. The molecule has 3 aromatic heterocycles. The Hall–Kier alpha value is -3.49. The lowest BCUT2D eigenvalue weighted by Gasteiger charge is -1.98. The zero-order valence-electron chi connectivity index (χ0n) is 13.2. The lowest BCUT2D eigenvalue weighted by Crippen LogP contribution is -2.04. The van der Waals surface area contributed by atoms with Crippen molar-refractivity contribution >= 4 is 0 Å². The molecule has 0 saturated carbocycles. The maximum atomic E-state index is 13.4. The molecule has 1 aromatic carbocycles. The summed E-state index contributed by atoms with van der Waals surface area (Å²) in [5.74, 6) is 0.849. The quantitative estimate of drug-likeness (QED) is 0.563. The van der Waals surface area contributed by atoms with Gasteiger partial charge in [-0.3, -0.25) is 4.98 Å². The third-order valence-corrected chi connectivity index (χ3v) is 3.51. The van der Waals surface area contributed by atoms with Gasteiger partial charge in [-0.25, -0.2) is 4.39 Å². The molecule has 0 aliphatic carbocycles. The molecule has 4 aromatic rings. The van der Waals surface area contributed by atoms with Crippen LogP contribution in [0.5, 0.6) is 0 Å². The Labute approximate surface area is 141 Å². The van der Waals surface area contributed by atoms with Crippen LogP contribution in [0.1, 0.15) is 11.5 Å². The topological polar surface area (TPSA) is 95.4 Å². The number of tetrazole rings is 1. The molecule has 9 heteroatoms. The highest BCUT2D eigenvalue weighted by Crippen LogP contribution is 2.18. The van der Waals surface area contributed by atoms with E-state index < -0.39 is 0 Å². The summed E-state index contributed by atoms with van der Waals surface area (Å²) in [6, 6.07) is 10.1. The highest BCUT2D eigenvalue weighted by Gasteiger charge is 2.13. The Morgan fingerprint density at radius 1 is 1.16 bits per heavy atom. The van der Waals surface area contributed by atoms with Gasteiger partial charge in [0.2, 0.25) is 11.6 Å². The van der Waals surface area contributed by atoms with Crippen LogP contribution in [-0.4, -0.2) is 35.3 Å². The monoisotopic (exact) mass is 337 g/mol. The van der Waals surface area contributed by atoms with Crippen molar-refractivity contribution in [1.29, 1.82) is 0 Å². The van der Waals surface area contributed by atoms with Crippen LogP contribution >= 0.6 is 0 Å². The van der Waals surface area contributed by atoms with E-state index in [1.54, 1.807) is 31.3 Å². The van der Waals surface area contributed by atoms with Crippen LogP contribution in [0.2, 0.25) is 0 Å². The predicted octanol–water partition coefficient (Wildman–Crippen LogP) is 2.28. The van der Waals surface area contributed by atoms with Crippen LogP contribution < -0.4 is 0 Å². The highest BCUT2D eigenvalue weighted by atomic mass is 19.1. The average molecular weight is 337 g/mol. The molecule has 0 N–H and O–H groups in total. The summed E-state index contributed by atoms with van der Waals surface area (Å²) >= 11 is 0. The van der Waals surface area contributed by atoms with Gasteiger partial charge in [-0.2, -0.15) is 9.78 Å². The summed E-state index contributed by atoms with van der Waals surface area (Å²) < 4.78 is 18.5. The van der Waals surface area contributed by atoms with Crippen molar-refractivity contribution in [3.8, 4) is 22.9 Å². The first-order chi connectivity index (χ1) is 12.2. The zero-order chi connectivity index (χ0) is 17.2. The van der Waals surface area contributed by atoms with Gasteiger partial charge in [0.15, 0.2) is 0 Å². The first kappa shape index (κ1) is 15.1. The second-order valence-electron chi connectivity index (χ2n) is 5.33. The number of pyridine rings is 1. The van der Waals surface area contributed by atoms with Gasteiger partial charge in [-0.05, 0) is 48.0 Å². The first-order valence-corrected chi connectivity index (χ1v) is 7.47. The first-order valence-electron chi connectivity index (χ1n) is 7.47. The number of hydrogen-bond donors (Lipinski definition) is 0. The van der Waals surface area contributed by atoms with Gasteiger partial charge in [0.05, 0.1) is 0 Å². The lowest BCUT2D eigenvalue weighted by molar-refractivity contribution is 0.356. The molecular weight excluding hydrogens is 325 g/mol. The Morgan fingerprint density at radius 3 is 2.88 bits per heavy atom. The molecule has 3 heterocycles. The van der Waals surface area contributed by atoms with Gasteiger partial charge in [0.1, 0.15) is 18.1 Å². The smallest absolute Gasteiger partial charge is 0.250 e. The van der Waals surface area contributed by atoms with Gasteiger partial charge in [-0.15, -0.1) is 10.2 Å². The summed E-state index contributed by atoms with van der Waals surface area (Å²) in [6.45, 7) is 1.86. The van der Waals surface area contributed by atoms with E-state index in [4.69, 9.17) is 4.52 Å². The molecule has 0 fully saturated rings. The Morgan fingerprint density at radius 2 is 2.08 bits per heavy atom. The van der Waals surface area contributed by atoms with Crippen molar-refractivity contribution in [1.82, 2.24) is 35.3 Å². The van der Waals surface area contributed by atoms with Gasteiger partial charge in [-0.1, -0.05) is 11.2 Å². The van der Waals surface area contributed by atoms with Crippen LogP contribution in [0.3, 0.4) is 0 Å². The molecule has 0 spiro atoms. The molecule has 0 atom stereocenters. The molecular formula is C16H12FN7O. The highest BCUT2D eigenvalue weighted by molar-refractivity contribution is 5.55. The Balaban J connectivity index is 1.53. The summed E-state index contributed by atoms with van der Waals surface area (Å²) in [4.78, 5) is 9.76. The molecule has 0 aliphatic rings.